The van der Waals surface area contributed by atoms with Crippen LogP contribution in [0.15, 0.2) is 16.3 Å². The van der Waals surface area contributed by atoms with Crippen molar-refractivity contribution in [3.8, 4) is 0 Å². The number of amides is 1. The normalized spacial score (nSPS) is 18.4. The van der Waals surface area contributed by atoms with Gasteiger partial charge in [-0.25, -0.2) is 8.42 Å². The summed E-state index contributed by atoms with van der Waals surface area (Å²) in [5, 5.41) is 4.42. The Balaban J connectivity index is 2.13. The molecular weight excluding hydrogens is 308 g/mol. The molecule has 0 spiro atoms. The van der Waals surface area contributed by atoms with E-state index in [0.29, 0.717) is 18.0 Å². The van der Waals surface area contributed by atoms with Crippen LogP contribution in [0.1, 0.15) is 49.2 Å². The van der Waals surface area contributed by atoms with Gasteiger partial charge in [0.05, 0.1) is 9.77 Å². The summed E-state index contributed by atoms with van der Waals surface area (Å²) in [6, 6.07) is 1.58. The number of hydrogen-bond donors (Lipinski definition) is 1. The second-order valence-corrected chi connectivity index (χ2v) is 8.24. The molecule has 0 aromatic carbocycles. The van der Waals surface area contributed by atoms with Crippen LogP contribution in [0.3, 0.4) is 0 Å². The number of carbonyl (C=O) groups is 1. The Bertz CT molecular complexity index is 589. The predicted molar refractivity (Wildman–Crippen MR) is 84.1 cm³/mol. The minimum Gasteiger partial charge on any atom is -0.349 e. The van der Waals surface area contributed by atoms with Gasteiger partial charge in [-0.05, 0) is 32.3 Å². The molecule has 118 valence electrons. The van der Waals surface area contributed by atoms with Crippen LogP contribution in [-0.4, -0.2) is 37.8 Å². The first-order chi connectivity index (χ1) is 9.95. The average molecular weight is 330 g/mol. The van der Waals surface area contributed by atoms with E-state index in [1.54, 1.807) is 5.38 Å². The number of nitrogens with zero attached hydrogens (tertiary/aromatic N) is 1. The third-order valence-electron chi connectivity index (χ3n) is 3.74. The highest BCUT2D eigenvalue weighted by Crippen LogP contribution is 2.25. The van der Waals surface area contributed by atoms with Gasteiger partial charge in [-0.2, -0.15) is 4.31 Å². The third-order valence-corrected chi connectivity index (χ3v) is 6.70. The molecule has 1 saturated heterocycles. The molecule has 5 nitrogen and oxygen atoms in total. The van der Waals surface area contributed by atoms with Crippen LogP contribution in [0, 0.1) is 0 Å². The molecule has 0 bridgehead atoms. The summed E-state index contributed by atoms with van der Waals surface area (Å²) in [6.07, 6.45) is 3.74. The van der Waals surface area contributed by atoms with E-state index >= 15 is 0 Å². The Hall–Kier alpha value is -0.920. The lowest BCUT2D eigenvalue weighted by atomic mass is 10.2. The molecule has 2 rings (SSSR count). The van der Waals surface area contributed by atoms with Crippen molar-refractivity contribution >= 4 is 27.3 Å². The van der Waals surface area contributed by atoms with E-state index in [1.165, 1.54) is 21.7 Å². The van der Waals surface area contributed by atoms with Crippen LogP contribution >= 0.6 is 11.3 Å². The summed E-state index contributed by atoms with van der Waals surface area (Å²) >= 11 is 1.18. The van der Waals surface area contributed by atoms with Gasteiger partial charge in [0, 0.05) is 24.5 Å². The van der Waals surface area contributed by atoms with Gasteiger partial charge < -0.3 is 5.32 Å². The molecule has 1 amide bonds. The average Bonchev–Trinajstić information content (AvgIpc) is 2.98. The molecule has 0 aliphatic carbocycles. The molecule has 1 aromatic heterocycles. The van der Waals surface area contributed by atoms with Gasteiger partial charge in [-0.15, -0.1) is 11.3 Å². The number of thiophene rings is 1. The largest absolute Gasteiger partial charge is 0.349 e. The van der Waals surface area contributed by atoms with Gasteiger partial charge in [0.1, 0.15) is 0 Å². The minimum atomic E-state index is -3.45. The highest BCUT2D eigenvalue weighted by molar-refractivity contribution is 7.89. The van der Waals surface area contributed by atoms with Crippen molar-refractivity contribution in [2.24, 2.45) is 0 Å². The first-order valence-electron chi connectivity index (χ1n) is 7.34. The lowest BCUT2D eigenvalue weighted by molar-refractivity contribution is 0.0943. The van der Waals surface area contributed by atoms with Gasteiger partial charge in [0.2, 0.25) is 10.0 Å². The van der Waals surface area contributed by atoms with E-state index in [0.717, 1.165) is 25.7 Å². The van der Waals surface area contributed by atoms with Crippen molar-refractivity contribution in [1.29, 1.82) is 0 Å². The molecule has 0 saturated carbocycles. The van der Waals surface area contributed by atoms with E-state index in [1.807, 2.05) is 13.8 Å². The zero-order chi connectivity index (χ0) is 15.5. The zero-order valence-corrected chi connectivity index (χ0v) is 14.1. The Morgan fingerprint density at radius 1 is 1.38 bits per heavy atom. The molecule has 1 aliphatic rings. The lowest BCUT2D eigenvalue weighted by Crippen LogP contribution is -2.35. The molecule has 1 aromatic rings. The second kappa shape index (κ2) is 6.89. The topological polar surface area (TPSA) is 66.5 Å². The quantitative estimate of drug-likeness (QED) is 0.902. The van der Waals surface area contributed by atoms with Crippen molar-refractivity contribution < 1.29 is 13.2 Å². The maximum absolute atomic E-state index is 12.5. The molecule has 1 atom stereocenters. The molecule has 0 radical (unpaired) electrons. The van der Waals surface area contributed by atoms with Crippen molar-refractivity contribution in [3.05, 3.63) is 16.3 Å². The summed E-state index contributed by atoms with van der Waals surface area (Å²) in [7, 11) is -3.45. The van der Waals surface area contributed by atoms with Gasteiger partial charge in [0.25, 0.3) is 5.91 Å². The molecule has 2 heterocycles. The van der Waals surface area contributed by atoms with Gasteiger partial charge in [-0.3, -0.25) is 4.79 Å². The Kier molecular flexibility index (Phi) is 5.40. The lowest BCUT2D eigenvalue weighted by Gasteiger charge is -2.25. The van der Waals surface area contributed by atoms with E-state index in [-0.39, 0.29) is 16.8 Å². The molecular formula is C14H22N2O3S2. The monoisotopic (exact) mass is 330 g/mol. The van der Waals surface area contributed by atoms with Crippen molar-refractivity contribution in [2.75, 3.05) is 13.1 Å². The number of sulfonamides is 1. The Labute approximate surface area is 130 Å². The first kappa shape index (κ1) is 16.5. The van der Waals surface area contributed by atoms with Crippen LogP contribution in [0.4, 0.5) is 0 Å². The number of carbonyl (C=O) groups excluding carboxylic acids is 1. The van der Waals surface area contributed by atoms with Gasteiger partial charge in [0.15, 0.2) is 0 Å². The molecule has 1 fully saturated rings. The molecule has 0 unspecified atom stereocenters. The SMILES string of the molecule is CC[C@@H](C)NC(=O)c1cc(S(=O)(=O)N2CCCCC2)cs1. The number of hydrogen-bond acceptors (Lipinski definition) is 4. The standard InChI is InChI=1S/C14H22N2O3S2/c1-3-11(2)15-14(17)13-9-12(10-20-13)21(18,19)16-7-5-4-6-8-16/h9-11H,3-8H2,1-2H3,(H,15,17)/t11-/m1/s1. The van der Waals surface area contributed by atoms with Crippen LogP contribution in [0.5, 0.6) is 0 Å². The number of piperidine rings is 1. The maximum Gasteiger partial charge on any atom is 0.261 e. The van der Waals surface area contributed by atoms with Gasteiger partial charge in [-0.1, -0.05) is 13.3 Å². The van der Waals surface area contributed by atoms with Crippen molar-refractivity contribution in [2.45, 2.75) is 50.5 Å². The van der Waals surface area contributed by atoms with Crippen LogP contribution < -0.4 is 5.32 Å². The number of rotatable bonds is 5. The molecule has 7 heteroatoms. The van der Waals surface area contributed by atoms with E-state index < -0.39 is 10.0 Å². The Morgan fingerprint density at radius 2 is 2.05 bits per heavy atom. The predicted octanol–water partition coefficient (Wildman–Crippen LogP) is 2.45. The zero-order valence-electron chi connectivity index (χ0n) is 12.5. The summed E-state index contributed by atoms with van der Waals surface area (Å²) in [5.41, 5.74) is 0. The van der Waals surface area contributed by atoms with E-state index in [9.17, 15) is 13.2 Å². The summed E-state index contributed by atoms with van der Waals surface area (Å²) < 4.78 is 26.5. The summed E-state index contributed by atoms with van der Waals surface area (Å²) in [6.45, 7) is 5.07. The van der Waals surface area contributed by atoms with E-state index in [4.69, 9.17) is 0 Å². The Morgan fingerprint density at radius 3 is 2.67 bits per heavy atom. The summed E-state index contributed by atoms with van der Waals surface area (Å²) in [4.78, 5) is 12.7. The van der Waals surface area contributed by atoms with Crippen molar-refractivity contribution in [3.63, 3.8) is 0 Å². The minimum absolute atomic E-state index is 0.0850. The highest BCUT2D eigenvalue weighted by atomic mass is 32.2. The fraction of sp³-hybridized carbons (Fsp3) is 0.643. The second-order valence-electron chi connectivity index (χ2n) is 5.39. The van der Waals surface area contributed by atoms with Crippen molar-refractivity contribution in [1.82, 2.24) is 9.62 Å². The third kappa shape index (κ3) is 3.84. The smallest absolute Gasteiger partial charge is 0.261 e. The van der Waals surface area contributed by atoms with Crippen LogP contribution in [0.2, 0.25) is 0 Å². The van der Waals surface area contributed by atoms with Crippen LogP contribution in [0.25, 0.3) is 0 Å². The van der Waals surface area contributed by atoms with Gasteiger partial charge >= 0.3 is 0 Å². The highest BCUT2D eigenvalue weighted by Gasteiger charge is 2.27. The first-order valence-corrected chi connectivity index (χ1v) is 9.66. The number of nitrogens with one attached hydrogen (secondary N) is 1. The fourth-order valence-electron chi connectivity index (χ4n) is 2.22. The molecule has 1 N–H and O–H groups in total. The molecule has 21 heavy (non-hydrogen) atoms. The molecule has 1 aliphatic heterocycles. The maximum atomic E-state index is 12.5. The van der Waals surface area contributed by atoms with E-state index in [2.05, 4.69) is 5.32 Å². The van der Waals surface area contributed by atoms with Crippen LogP contribution in [-0.2, 0) is 10.0 Å². The summed E-state index contributed by atoms with van der Waals surface area (Å²) in [5.74, 6) is -0.200. The fourth-order valence-corrected chi connectivity index (χ4v) is 4.91.